The maximum atomic E-state index is 5.73. The van der Waals surface area contributed by atoms with Gasteiger partial charge in [-0.05, 0) is 62.0 Å². The van der Waals surface area contributed by atoms with E-state index in [4.69, 9.17) is 21.7 Å². The minimum Gasteiger partial charge on any atom is -0.497 e. The third kappa shape index (κ3) is 4.03. The van der Waals surface area contributed by atoms with Crippen molar-refractivity contribution in [2.24, 2.45) is 0 Å². The molecule has 0 bridgehead atoms. The third-order valence-corrected chi connectivity index (χ3v) is 6.19. The van der Waals surface area contributed by atoms with Crippen LogP contribution in [0.15, 0.2) is 54.7 Å². The molecule has 0 radical (unpaired) electrons. The van der Waals surface area contributed by atoms with E-state index in [-0.39, 0.29) is 12.1 Å². The molecule has 31 heavy (non-hydrogen) atoms. The van der Waals surface area contributed by atoms with Crippen LogP contribution in [0.25, 0.3) is 5.69 Å². The molecule has 2 atom stereocenters. The van der Waals surface area contributed by atoms with Crippen LogP contribution in [0.1, 0.15) is 34.7 Å². The van der Waals surface area contributed by atoms with Gasteiger partial charge in [0.2, 0.25) is 0 Å². The van der Waals surface area contributed by atoms with E-state index in [2.05, 4.69) is 51.8 Å². The second kappa shape index (κ2) is 9.08. The molecule has 162 valence electrons. The minimum absolute atomic E-state index is 0.0168. The molecule has 1 fully saturated rings. The number of nitrogens with one attached hydrogen (secondary N) is 1. The number of aryl methyl sites for hydroxylation is 1. The first-order valence-electron chi connectivity index (χ1n) is 10.4. The average Bonchev–Trinajstić information content (AvgIpc) is 3.27. The van der Waals surface area contributed by atoms with Gasteiger partial charge in [-0.3, -0.25) is 4.98 Å². The molecule has 0 aliphatic carbocycles. The van der Waals surface area contributed by atoms with Crippen LogP contribution >= 0.6 is 12.2 Å². The van der Waals surface area contributed by atoms with Crippen molar-refractivity contribution >= 4 is 17.3 Å². The van der Waals surface area contributed by atoms with Crippen LogP contribution in [0.4, 0.5) is 0 Å². The molecule has 3 heterocycles. The number of benzene rings is 1. The summed E-state index contributed by atoms with van der Waals surface area (Å²) >= 11 is 5.73. The maximum absolute atomic E-state index is 5.73. The molecule has 0 amide bonds. The Morgan fingerprint density at radius 1 is 1.10 bits per heavy atom. The van der Waals surface area contributed by atoms with E-state index in [0.29, 0.717) is 13.2 Å². The van der Waals surface area contributed by atoms with E-state index in [1.165, 1.54) is 11.3 Å². The Bertz CT molecular complexity index is 1070. The zero-order chi connectivity index (χ0) is 22.0. The van der Waals surface area contributed by atoms with Crippen LogP contribution in [-0.2, 0) is 4.74 Å². The molecule has 0 spiro atoms. The van der Waals surface area contributed by atoms with Gasteiger partial charge in [-0.2, -0.15) is 0 Å². The summed E-state index contributed by atoms with van der Waals surface area (Å²) < 4.78 is 13.1. The van der Waals surface area contributed by atoms with E-state index in [0.717, 1.165) is 27.9 Å². The third-order valence-electron chi connectivity index (χ3n) is 5.83. The lowest BCUT2D eigenvalue weighted by atomic mass is 9.97. The van der Waals surface area contributed by atoms with Gasteiger partial charge in [0, 0.05) is 43.0 Å². The van der Waals surface area contributed by atoms with Crippen molar-refractivity contribution < 1.29 is 9.47 Å². The van der Waals surface area contributed by atoms with Crippen molar-refractivity contribution in [3.63, 3.8) is 0 Å². The lowest BCUT2D eigenvalue weighted by molar-refractivity contribution is 0.164. The Hall–Kier alpha value is -2.90. The number of pyridine rings is 1. The zero-order valence-corrected chi connectivity index (χ0v) is 19.1. The summed E-state index contributed by atoms with van der Waals surface area (Å²) in [5.41, 5.74) is 5.60. The van der Waals surface area contributed by atoms with Crippen molar-refractivity contribution in [1.29, 1.82) is 0 Å². The molecule has 0 saturated carbocycles. The predicted molar refractivity (Wildman–Crippen MR) is 126 cm³/mol. The molecule has 1 aliphatic rings. The predicted octanol–water partition coefficient (Wildman–Crippen LogP) is 4.12. The molecule has 1 aliphatic heterocycles. The number of thiocarbonyl (C=S) groups is 1. The van der Waals surface area contributed by atoms with Crippen molar-refractivity contribution in [2.75, 3.05) is 27.4 Å². The van der Waals surface area contributed by atoms with Gasteiger partial charge in [-0.15, -0.1) is 0 Å². The Morgan fingerprint density at radius 2 is 1.94 bits per heavy atom. The highest BCUT2D eigenvalue weighted by molar-refractivity contribution is 7.80. The fraction of sp³-hybridized carbons (Fsp3) is 0.333. The molecule has 1 N–H and O–H groups in total. The zero-order valence-electron chi connectivity index (χ0n) is 18.3. The van der Waals surface area contributed by atoms with Gasteiger partial charge < -0.3 is 24.3 Å². The minimum atomic E-state index is -0.0372. The fourth-order valence-corrected chi connectivity index (χ4v) is 4.74. The Kier molecular flexibility index (Phi) is 6.25. The first-order chi connectivity index (χ1) is 15.0. The van der Waals surface area contributed by atoms with Gasteiger partial charge >= 0.3 is 0 Å². The van der Waals surface area contributed by atoms with E-state index in [9.17, 15) is 0 Å². The molecule has 2 aromatic heterocycles. The van der Waals surface area contributed by atoms with Crippen LogP contribution < -0.4 is 10.1 Å². The summed E-state index contributed by atoms with van der Waals surface area (Å²) in [4.78, 5) is 6.84. The molecule has 0 unspecified atom stereocenters. The van der Waals surface area contributed by atoms with Crippen LogP contribution in [-0.4, -0.2) is 46.9 Å². The highest BCUT2D eigenvalue weighted by atomic mass is 32.1. The first kappa shape index (κ1) is 21.3. The van der Waals surface area contributed by atoms with Crippen LogP contribution in [0.2, 0.25) is 0 Å². The fourth-order valence-electron chi connectivity index (χ4n) is 4.41. The number of hydrogen-bond acceptors (Lipinski definition) is 4. The molecule has 7 heteroatoms. The van der Waals surface area contributed by atoms with Gasteiger partial charge in [0.25, 0.3) is 0 Å². The lowest BCUT2D eigenvalue weighted by Gasteiger charge is -2.28. The highest BCUT2D eigenvalue weighted by Crippen LogP contribution is 2.41. The number of aromatic nitrogens is 2. The van der Waals surface area contributed by atoms with Crippen LogP contribution in [0.5, 0.6) is 5.75 Å². The summed E-state index contributed by atoms with van der Waals surface area (Å²) in [5.74, 6) is 0.836. The number of hydrogen-bond donors (Lipinski definition) is 1. The van der Waals surface area contributed by atoms with Crippen LogP contribution in [0, 0.1) is 13.8 Å². The Morgan fingerprint density at radius 3 is 2.65 bits per heavy atom. The number of ether oxygens (including phenoxy) is 2. The normalized spacial score (nSPS) is 18.3. The van der Waals surface area contributed by atoms with Gasteiger partial charge in [-0.25, -0.2) is 0 Å². The van der Waals surface area contributed by atoms with E-state index in [1.54, 1.807) is 14.2 Å². The monoisotopic (exact) mass is 436 g/mol. The van der Waals surface area contributed by atoms with Crippen molar-refractivity contribution in [3.05, 3.63) is 77.4 Å². The second-order valence-electron chi connectivity index (χ2n) is 7.68. The second-order valence-corrected chi connectivity index (χ2v) is 8.06. The Balaban J connectivity index is 1.81. The van der Waals surface area contributed by atoms with Crippen LogP contribution in [0.3, 0.4) is 0 Å². The SMILES string of the molecule is COCCN1C(=S)N[C@H](c2ccccn2)[C@@H]1c1cc(C)n(-c2cccc(OC)c2)c1C. The highest BCUT2D eigenvalue weighted by Gasteiger charge is 2.41. The van der Waals surface area contributed by atoms with Gasteiger partial charge in [0.05, 0.1) is 31.5 Å². The molecular weight excluding hydrogens is 408 g/mol. The topological polar surface area (TPSA) is 51.5 Å². The van der Waals surface area contributed by atoms with Gasteiger partial charge in [-0.1, -0.05) is 12.1 Å². The smallest absolute Gasteiger partial charge is 0.170 e. The average molecular weight is 437 g/mol. The number of nitrogens with zero attached hydrogens (tertiary/aromatic N) is 3. The number of rotatable bonds is 7. The molecule has 1 aromatic carbocycles. The van der Waals surface area contributed by atoms with E-state index in [1.807, 2.05) is 36.5 Å². The largest absolute Gasteiger partial charge is 0.497 e. The Labute approximate surface area is 188 Å². The molecule has 3 aromatic rings. The molecule has 4 rings (SSSR count). The standard InChI is InChI=1S/C24H28N4O2S/c1-16-14-20(17(2)28(16)18-8-7-9-19(15-18)30-4)23-22(21-10-5-6-11-25-21)26-24(31)27(23)12-13-29-3/h5-11,14-15,22-23H,12-13H2,1-4H3,(H,26,31)/t22-,23+/m1/s1. The first-order valence-corrected chi connectivity index (χ1v) is 10.8. The molecular formula is C24H28N4O2S. The molecule has 1 saturated heterocycles. The summed E-state index contributed by atoms with van der Waals surface area (Å²) in [6.07, 6.45) is 1.83. The van der Waals surface area contributed by atoms with E-state index >= 15 is 0 Å². The summed E-state index contributed by atoms with van der Waals surface area (Å²) in [7, 11) is 3.41. The van der Waals surface area contributed by atoms with Crippen molar-refractivity contribution in [2.45, 2.75) is 25.9 Å². The summed E-state index contributed by atoms with van der Waals surface area (Å²) in [6, 6.07) is 16.4. The number of methoxy groups -OCH3 is 2. The molecule has 6 nitrogen and oxygen atoms in total. The van der Waals surface area contributed by atoms with E-state index < -0.39 is 0 Å². The van der Waals surface area contributed by atoms with Gasteiger partial charge in [0.15, 0.2) is 5.11 Å². The quantitative estimate of drug-likeness (QED) is 0.563. The lowest BCUT2D eigenvalue weighted by Crippen LogP contribution is -2.32. The van der Waals surface area contributed by atoms with Crippen molar-refractivity contribution in [1.82, 2.24) is 19.8 Å². The maximum Gasteiger partial charge on any atom is 0.170 e. The van der Waals surface area contributed by atoms with Gasteiger partial charge in [0.1, 0.15) is 5.75 Å². The summed E-state index contributed by atoms with van der Waals surface area (Å²) in [6.45, 7) is 5.60. The van der Waals surface area contributed by atoms with Crippen molar-refractivity contribution in [3.8, 4) is 11.4 Å². The summed E-state index contributed by atoms with van der Waals surface area (Å²) in [5, 5.41) is 4.23.